The van der Waals surface area contributed by atoms with Gasteiger partial charge in [-0.25, -0.2) is 0 Å². The molecule has 0 aliphatic heterocycles. The minimum Gasteiger partial charge on any atom is -0.461 e. The maximum absolute atomic E-state index is 12.0. The highest BCUT2D eigenvalue weighted by atomic mass is 16.6. The van der Waals surface area contributed by atoms with Crippen LogP contribution in [0.1, 0.15) is 84.0 Å². The van der Waals surface area contributed by atoms with Crippen LogP contribution >= 0.6 is 0 Å². The van der Waals surface area contributed by atoms with Gasteiger partial charge in [-0.05, 0) is 32.1 Å². The van der Waals surface area contributed by atoms with Crippen molar-refractivity contribution in [3.63, 3.8) is 0 Å². The molecule has 35 heavy (non-hydrogen) atoms. The second-order valence-corrected chi connectivity index (χ2v) is 8.29. The maximum atomic E-state index is 12.0. The van der Waals surface area contributed by atoms with Gasteiger partial charge < -0.3 is 31.0 Å². The minimum absolute atomic E-state index is 0.242. The molecule has 0 aromatic carbocycles. The smallest absolute Gasteiger partial charge is 0.325 e. The average Bonchev–Trinajstić information content (AvgIpc) is 2.86. The van der Waals surface area contributed by atoms with Crippen molar-refractivity contribution in [1.82, 2.24) is 5.32 Å². The summed E-state index contributed by atoms with van der Waals surface area (Å²) in [7, 11) is 0. The fourth-order valence-corrected chi connectivity index (χ4v) is 3.10. The molecule has 0 spiro atoms. The van der Waals surface area contributed by atoms with Gasteiger partial charge in [0.2, 0.25) is 5.91 Å². The first-order valence-electron chi connectivity index (χ1n) is 12.7. The first kappa shape index (κ1) is 32.5. The number of hydrogen-bond donors (Lipinski definition) is 3. The van der Waals surface area contributed by atoms with Gasteiger partial charge in [0.15, 0.2) is 6.10 Å². The second kappa shape index (κ2) is 23.3. The molecule has 0 radical (unpaired) electrons. The third-order valence-electron chi connectivity index (χ3n) is 5.09. The van der Waals surface area contributed by atoms with Gasteiger partial charge in [0, 0.05) is 6.42 Å². The third-order valence-corrected chi connectivity index (χ3v) is 5.09. The number of rotatable bonds is 22. The molecule has 10 heteroatoms. The molecular weight excluding hydrogens is 454 g/mol. The summed E-state index contributed by atoms with van der Waals surface area (Å²) >= 11 is 0. The Kier molecular flexibility index (Phi) is 21.7. The van der Waals surface area contributed by atoms with Crippen molar-refractivity contribution < 1.29 is 33.4 Å². The molecule has 0 unspecified atom stereocenters. The van der Waals surface area contributed by atoms with E-state index in [1.54, 1.807) is 0 Å². The topological polar surface area (TPSA) is 160 Å². The quantitative estimate of drug-likeness (QED) is 0.0878. The number of hydrogen-bond acceptors (Lipinski definition) is 9. The van der Waals surface area contributed by atoms with Crippen LogP contribution < -0.4 is 16.8 Å². The van der Waals surface area contributed by atoms with Crippen molar-refractivity contribution in [3.05, 3.63) is 12.2 Å². The van der Waals surface area contributed by atoms with Crippen LogP contribution in [0.4, 0.5) is 0 Å². The van der Waals surface area contributed by atoms with Crippen LogP contribution in [0.5, 0.6) is 0 Å². The van der Waals surface area contributed by atoms with E-state index < -0.39 is 24.0 Å². The van der Waals surface area contributed by atoms with Crippen molar-refractivity contribution in [2.75, 3.05) is 32.8 Å². The molecule has 5 N–H and O–H groups in total. The van der Waals surface area contributed by atoms with Crippen molar-refractivity contribution in [2.24, 2.45) is 11.5 Å². The van der Waals surface area contributed by atoms with E-state index in [-0.39, 0.29) is 38.8 Å². The fraction of sp³-hybridized carbons (Fsp3) is 0.760. The van der Waals surface area contributed by atoms with Gasteiger partial charge in [-0.3, -0.25) is 19.2 Å². The maximum Gasteiger partial charge on any atom is 0.325 e. The molecule has 0 saturated heterocycles. The minimum atomic E-state index is -1.03. The summed E-state index contributed by atoms with van der Waals surface area (Å²) in [6, 6.07) is 0. The van der Waals surface area contributed by atoms with E-state index in [0.29, 0.717) is 6.42 Å². The van der Waals surface area contributed by atoms with Crippen molar-refractivity contribution in [3.8, 4) is 0 Å². The molecule has 0 aliphatic rings. The van der Waals surface area contributed by atoms with Gasteiger partial charge in [0.05, 0.1) is 13.1 Å². The van der Waals surface area contributed by atoms with E-state index in [1.165, 1.54) is 32.1 Å². The normalized spacial score (nSPS) is 11.0. The van der Waals surface area contributed by atoms with E-state index in [2.05, 4.69) is 24.4 Å². The van der Waals surface area contributed by atoms with Crippen molar-refractivity contribution in [2.45, 2.75) is 90.1 Å². The molecule has 0 saturated carbocycles. The molecule has 0 atom stereocenters. The number of amides is 1. The molecule has 1 amide bonds. The molecule has 0 heterocycles. The van der Waals surface area contributed by atoms with E-state index in [9.17, 15) is 19.2 Å². The van der Waals surface area contributed by atoms with Crippen LogP contribution in [0, 0.1) is 0 Å². The highest BCUT2D eigenvalue weighted by Gasteiger charge is 2.19. The number of ether oxygens (including phenoxy) is 3. The Morgan fingerprint density at radius 2 is 1.26 bits per heavy atom. The Morgan fingerprint density at radius 3 is 1.80 bits per heavy atom. The molecule has 202 valence electrons. The van der Waals surface area contributed by atoms with Crippen molar-refractivity contribution in [1.29, 1.82) is 0 Å². The number of nitrogens with one attached hydrogen (secondary N) is 1. The van der Waals surface area contributed by atoms with Gasteiger partial charge in [0.1, 0.15) is 19.8 Å². The predicted octanol–water partition coefficient (Wildman–Crippen LogP) is 2.28. The van der Waals surface area contributed by atoms with Gasteiger partial charge in [-0.2, -0.15) is 0 Å². The van der Waals surface area contributed by atoms with E-state index in [4.69, 9.17) is 25.7 Å². The fourth-order valence-electron chi connectivity index (χ4n) is 3.10. The lowest BCUT2D eigenvalue weighted by Gasteiger charge is -2.18. The zero-order valence-corrected chi connectivity index (χ0v) is 21.3. The zero-order chi connectivity index (χ0) is 26.2. The van der Waals surface area contributed by atoms with Crippen LogP contribution in [0.2, 0.25) is 0 Å². The molecule has 0 aliphatic carbocycles. The van der Waals surface area contributed by atoms with Gasteiger partial charge in [-0.15, -0.1) is 0 Å². The van der Waals surface area contributed by atoms with Gasteiger partial charge >= 0.3 is 17.9 Å². The average molecular weight is 500 g/mol. The summed E-state index contributed by atoms with van der Waals surface area (Å²) in [6.45, 7) is 0.544. The Labute approximate surface area is 209 Å². The highest BCUT2D eigenvalue weighted by Crippen LogP contribution is 2.09. The molecular formula is C25H45N3O7. The summed E-state index contributed by atoms with van der Waals surface area (Å²) in [5.41, 5.74) is 10.3. The van der Waals surface area contributed by atoms with Crippen LogP contribution in [-0.2, 0) is 33.4 Å². The number of esters is 3. The first-order chi connectivity index (χ1) is 16.9. The van der Waals surface area contributed by atoms with E-state index in [1.807, 2.05) is 0 Å². The monoisotopic (exact) mass is 499 g/mol. The van der Waals surface area contributed by atoms with Crippen LogP contribution in [0.25, 0.3) is 0 Å². The van der Waals surface area contributed by atoms with Crippen LogP contribution in [0.15, 0.2) is 12.2 Å². The SMILES string of the molecule is CCCCCC/C=C\CCCCCCCC(=O)NCC(=O)OC(COC(=O)CN)COC(=O)CN. The van der Waals surface area contributed by atoms with Gasteiger partial charge in [-0.1, -0.05) is 57.6 Å². The van der Waals surface area contributed by atoms with E-state index in [0.717, 1.165) is 38.5 Å². The lowest BCUT2D eigenvalue weighted by Crippen LogP contribution is -2.37. The number of carbonyl (C=O) groups excluding carboxylic acids is 4. The standard InChI is InChI=1S/C25H45N3O7/c1-2-3-4-5-6-7-8-9-10-11-12-13-14-15-22(29)28-18-25(32)35-21(19-33-23(30)16-26)20-34-24(31)17-27/h7-8,21H,2-6,9-20,26-27H2,1H3,(H,28,29)/b8-7-. The lowest BCUT2D eigenvalue weighted by molar-refractivity contribution is -0.165. The molecule has 0 bridgehead atoms. The molecule has 0 fully saturated rings. The highest BCUT2D eigenvalue weighted by molar-refractivity contribution is 5.81. The van der Waals surface area contributed by atoms with Crippen molar-refractivity contribution >= 4 is 23.8 Å². The Hall–Kier alpha value is -2.46. The molecule has 0 rings (SSSR count). The largest absolute Gasteiger partial charge is 0.461 e. The third kappa shape index (κ3) is 21.8. The number of unbranched alkanes of at least 4 members (excludes halogenated alkanes) is 9. The Morgan fingerprint density at radius 1 is 0.743 bits per heavy atom. The summed E-state index contributed by atoms with van der Waals surface area (Å²) in [4.78, 5) is 46.4. The summed E-state index contributed by atoms with van der Waals surface area (Å²) in [6.07, 6.45) is 16.4. The van der Waals surface area contributed by atoms with Crippen LogP contribution in [-0.4, -0.2) is 62.8 Å². The zero-order valence-electron chi connectivity index (χ0n) is 21.3. The van der Waals surface area contributed by atoms with Crippen LogP contribution in [0.3, 0.4) is 0 Å². The number of allylic oxidation sites excluding steroid dienone is 2. The van der Waals surface area contributed by atoms with E-state index >= 15 is 0 Å². The number of carbonyl (C=O) groups is 4. The summed E-state index contributed by atoms with van der Waals surface area (Å²) in [5.74, 6) is -2.37. The molecule has 0 aromatic heterocycles. The number of nitrogens with two attached hydrogens (primary N) is 2. The molecule has 0 aromatic rings. The summed E-state index contributed by atoms with van der Waals surface area (Å²) in [5, 5.41) is 2.51. The Balaban J connectivity index is 3.91. The molecule has 10 nitrogen and oxygen atoms in total. The van der Waals surface area contributed by atoms with Gasteiger partial charge in [0.25, 0.3) is 0 Å². The Bertz CT molecular complexity index is 606. The first-order valence-corrected chi connectivity index (χ1v) is 12.7. The lowest BCUT2D eigenvalue weighted by atomic mass is 10.1. The predicted molar refractivity (Wildman–Crippen MR) is 133 cm³/mol. The summed E-state index contributed by atoms with van der Waals surface area (Å²) < 4.78 is 14.8. The second-order valence-electron chi connectivity index (χ2n) is 8.29.